The van der Waals surface area contributed by atoms with E-state index in [2.05, 4.69) is 10.4 Å². The van der Waals surface area contributed by atoms with E-state index in [1.54, 1.807) is 37.0 Å². The van der Waals surface area contributed by atoms with E-state index < -0.39 is 0 Å². The van der Waals surface area contributed by atoms with Crippen LogP contribution in [0, 0.1) is 13.8 Å². The third-order valence-electron chi connectivity index (χ3n) is 4.42. The lowest BCUT2D eigenvalue weighted by Gasteiger charge is -2.12. The molecule has 8 heteroatoms. The van der Waals surface area contributed by atoms with Crippen LogP contribution in [0.4, 0.5) is 5.69 Å². The third-order valence-corrected chi connectivity index (χ3v) is 4.42. The normalized spacial score (nSPS) is 10.9. The number of nitrogens with zero attached hydrogens (tertiary/aromatic N) is 3. The number of hydrogen-bond acceptors (Lipinski definition) is 5. The fourth-order valence-corrected chi connectivity index (χ4v) is 3.27. The first kappa shape index (κ1) is 18.5. The number of nitrogens with one attached hydrogen (secondary N) is 1. The molecule has 2 heterocycles. The first-order valence-electron chi connectivity index (χ1n) is 8.41. The number of carbonyl (C=O) groups excluding carboxylic acids is 1. The summed E-state index contributed by atoms with van der Waals surface area (Å²) in [5, 5.41) is 8.05. The zero-order valence-corrected chi connectivity index (χ0v) is 16.0. The van der Waals surface area contributed by atoms with E-state index in [9.17, 15) is 9.59 Å². The average molecular weight is 370 g/mol. The van der Waals surface area contributed by atoms with Crippen molar-refractivity contribution < 1.29 is 14.3 Å². The number of hydrogen-bond donors (Lipinski definition) is 1. The van der Waals surface area contributed by atoms with Crippen molar-refractivity contribution >= 4 is 22.6 Å². The Morgan fingerprint density at radius 2 is 1.85 bits per heavy atom. The number of aromatic nitrogens is 3. The molecule has 0 radical (unpaired) electrons. The van der Waals surface area contributed by atoms with Gasteiger partial charge in [-0.25, -0.2) is 0 Å². The van der Waals surface area contributed by atoms with Crippen molar-refractivity contribution in [3.8, 4) is 11.5 Å². The molecule has 8 nitrogen and oxygen atoms in total. The van der Waals surface area contributed by atoms with Crippen LogP contribution in [0.25, 0.3) is 11.0 Å². The van der Waals surface area contributed by atoms with Crippen LogP contribution in [0.5, 0.6) is 11.5 Å². The Balaban J connectivity index is 1.92. The summed E-state index contributed by atoms with van der Waals surface area (Å²) in [5.74, 6) is 0.748. The van der Waals surface area contributed by atoms with Gasteiger partial charge in [0.05, 0.1) is 19.9 Å². The molecule has 0 bridgehead atoms. The Bertz CT molecular complexity index is 1080. The van der Waals surface area contributed by atoms with Crippen molar-refractivity contribution in [1.82, 2.24) is 14.3 Å². The van der Waals surface area contributed by atoms with Gasteiger partial charge in [-0.2, -0.15) is 5.10 Å². The smallest absolute Gasteiger partial charge is 0.252 e. The summed E-state index contributed by atoms with van der Waals surface area (Å²) in [5.41, 5.74) is 2.59. The maximum absolute atomic E-state index is 12.6. The highest BCUT2D eigenvalue weighted by atomic mass is 16.5. The molecule has 3 rings (SSSR count). The van der Waals surface area contributed by atoms with Crippen molar-refractivity contribution in [3.63, 3.8) is 0 Å². The number of benzene rings is 1. The number of ether oxygens (including phenoxy) is 2. The van der Waals surface area contributed by atoms with Crippen molar-refractivity contribution in [2.24, 2.45) is 7.05 Å². The molecule has 1 amide bonds. The highest BCUT2D eigenvalue weighted by molar-refractivity contribution is 5.92. The Labute approximate surface area is 156 Å². The number of aryl methyl sites for hydroxylation is 3. The maximum atomic E-state index is 12.6. The summed E-state index contributed by atoms with van der Waals surface area (Å²) in [4.78, 5) is 25.1. The second-order valence-corrected chi connectivity index (χ2v) is 6.28. The van der Waals surface area contributed by atoms with E-state index in [0.29, 0.717) is 22.8 Å². The minimum absolute atomic E-state index is 0.122. The van der Waals surface area contributed by atoms with Gasteiger partial charge in [-0.3, -0.25) is 18.8 Å². The van der Waals surface area contributed by atoms with Crippen molar-refractivity contribution in [3.05, 3.63) is 45.9 Å². The average Bonchev–Trinajstić information content (AvgIpc) is 2.93. The topological polar surface area (TPSA) is 87.4 Å². The van der Waals surface area contributed by atoms with Crippen LogP contribution in [-0.4, -0.2) is 34.5 Å². The molecule has 0 atom stereocenters. The SMILES string of the molecule is COc1ccc(NC(=O)Cn2c(=O)cc(C)c3c(C)nn(C)c32)cc1OC. The first-order chi connectivity index (χ1) is 12.8. The molecule has 1 N–H and O–H groups in total. The fraction of sp³-hybridized carbons (Fsp3) is 0.316. The second-order valence-electron chi connectivity index (χ2n) is 6.28. The van der Waals surface area contributed by atoms with Crippen LogP contribution in [0.15, 0.2) is 29.1 Å². The monoisotopic (exact) mass is 370 g/mol. The highest BCUT2D eigenvalue weighted by Gasteiger charge is 2.16. The summed E-state index contributed by atoms with van der Waals surface area (Å²) >= 11 is 0. The molecule has 0 spiro atoms. The van der Waals surface area contributed by atoms with E-state index in [4.69, 9.17) is 9.47 Å². The Morgan fingerprint density at radius 1 is 1.15 bits per heavy atom. The van der Waals surface area contributed by atoms with E-state index >= 15 is 0 Å². The number of pyridine rings is 1. The zero-order chi connectivity index (χ0) is 19.7. The van der Waals surface area contributed by atoms with Gasteiger partial charge in [0.15, 0.2) is 11.5 Å². The zero-order valence-electron chi connectivity index (χ0n) is 16.0. The summed E-state index contributed by atoms with van der Waals surface area (Å²) < 4.78 is 13.5. The molecule has 0 saturated heterocycles. The molecule has 142 valence electrons. The molecule has 27 heavy (non-hydrogen) atoms. The minimum Gasteiger partial charge on any atom is -0.493 e. The molecule has 0 aliphatic heterocycles. The van der Waals surface area contributed by atoms with E-state index in [0.717, 1.165) is 16.6 Å². The summed E-state index contributed by atoms with van der Waals surface area (Å²) in [6.07, 6.45) is 0. The molecule has 0 saturated carbocycles. The van der Waals surface area contributed by atoms with Crippen molar-refractivity contribution in [1.29, 1.82) is 0 Å². The van der Waals surface area contributed by atoms with Gasteiger partial charge in [0.25, 0.3) is 5.56 Å². The van der Waals surface area contributed by atoms with Gasteiger partial charge < -0.3 is 14.8 Å². The van der Waals surface area contributed by atoms with Gasteiger partial charge in [0.1, 0.15) is 12.2 Å². The van der Waals surface area contributed by atoms with Crippen LogP contribution >= 0.6 is 0 Å². The van der Waals surface area contributed by atoms with Crippen LogP contribution in [0.3, 0.4) is 0 Å². The molecule has 2 aromatic heterocycles. The number of anilines is 1. The standard InChI is InChI=1S/C19H22N4O4/c1-11-8-17(25)23(19-18(11)12(2)21-22(19)3)10-16(24)20-13-6-7-14(26-4)15(9-13)27-5/h6-9H,10H2,1-5H3,(H,20,24). The van der Waals surface area contributed by atoms with Gasteiger partial charge in [0.2, 0.25) is 5.91 Å². The maximum Gasteiger partial charge on any atom is 0.252 e. The Morgan fingerprint density at radius 3 is 2.52 bits per heavy atom. The van der Waals surface area contributed by atoms with Gasteiger partial charge in [-0.15, -0.1) is 0 Å². The largest absolute Gasteiger partial charge is 0.493 e. The summed E-state index contributed by atoms with van der Waals surface area (Å²) in [6, 6.07) is 6.61. The van der Waals surface area contributed by atoms with E-state index in [1.807, 2.05) is 13.8 Å². The fourth-order valence-electron chi connectivity index (χ4n) is 3.27. The molecular formula is C19H22N4O4. The number of methoxy groups -OCH3 is 2. The molecule has 0 aliphatic carbocycles. The highest BCUT2D eigenvalue weighted by Crippen LogP contribution is 2.29. The van der Waals surface area contributed by atoms with Crippen molar-refractivity contribution in [2.45, 2.75) is 20.4 Å². The Kier molecular flexibility index (Phi) is 4.89. The van der Waals surface area contributed by atoms with Crippen molar-refractivity contribution in [2.75, 3.05) is 19.5 Å². The van der Waals surface area contributed by atoms with Gasteiger partial charge >= 0.3 is 0 Å². The van der Waals surface area contributed by atoms with E-state index in [1.165, 1.54) is 17.7 Å². The molecular weight excluding hydrogens is 348 g/mol. The molecule has 0 aliphatic rings. The van der Waals surface area contributed by atoms with Crippen LogP contribution < -0.4 is 20.3 Å². The minimum atomic E-state index is -0.326. The van der Waals surface area contributed by atoms with Gasteiger partial charge in [-0.05, 0) is 31.5 Å². The molecule has 1 aromatic carbocycles. The molecule has 3 aromatic rings. The first-order valence-corrected chi connectivity index (χ1v) is 8.41. The van der Waals surface area contributed by atoms with Gasteiger partial charge in [-0.1, -0.05) is 0 Å². The number of fused-ring (bicyclic) bond motifs is 1. The van der Waals surface area contributed by atoms with E-state index in [-0.39, 0.29) is 18.0 Å². The lowest BCUT2D eigenvalue weighted by Crippen LogP contribution is -2.28. The van der Waals surface area contributed by atoms with Crippen LogP contribution in [-0.2, 0) is 18.4 Å². The second kappa shape index (κ2) is 7.14. The quantitative estimate of drug-likeness (QED) is 0.742. The predicted octanol–water partition coefficient (Wildman–Crippen LogP) is 2.01. The van der Waals surface area contributed by atoms with Crippen LogP contribution in [0.1, 0.15) is 11.3 Å². The number of carbonyl (C=O) groups is 1. The summed E-state index contributed by atoms with van der Waals surface area (Å²) in [7, 11) is 4.83. The summed E-state index contributed by atoms with van der Waals surface area (Å²) in [6.45, 7) is 3.63. The van der Waals surface area contributed by atoms with Crippen LogP contribution in [0.2, 0.25) is 0 Å². The number of rotatable bonds is 5. The van der Waals surface area contributed by atoms with Gasteiger partial charge in [0, 0.05) is 30.3 Å². The molecule has 0 unspecified atom stereocenters. The lowest BCUT2D eigenvalue weighted by molar-refractivity contribution is -0.116. The Hall–Kier alpha value is -3.29. The molecule has 0 fully saturated rings. The number of amides is 1. The predicted molar refractivity (Wildman–Crippen MR) is 103 cm³/mol. The third kappa shape index (κ3) is 3.38. The lowest BCUT2D eigenvalue weighted by atomic mass is 10.1.